The average Bonchev–Trinajstić information content (AvgIpc) is 3.62. The van der Waals surface area contributed by atoms with E-state index in [1.165, 1.54) is 6.20 Å². The Morgan fingerprint density at radius 3 is 2.68 bits per heavy atom. The summed E-state index contributed by atoms with van der Waals surface area (Å²) in [6.45, 7) is 8.03. The van der Waals surface area contributed by atoms with Crippen LogP contribution in [-0.2, 0) is 25.6 Å². The molecule has 41 heavy (non-hydrogen) atoms. The van der Waals surface area contributed by atoms with Crippen LogP contribution in [-0.4, -0.2) is 48.5 Å². The van der Waals surface area contributed by atoms with Gasteiger partial charge in [0, 0.05) is 40.4 Å². The molecule has 1 aliphatic rings. The van der Waals surface area contributed by atoms with E-state index in [4.69, 9.17) is 21.1 Å². The van der Waals surface area contributed by atoms with Crippen LogP contribution in [0.5, 0.6) is 11.5 Å². The summed E-state index contributed by atoms with van der Waals surface area (Å²) >= 11 is 6.80. The summed E-state index contributed by atoms with van der Waals surface area (Å²) in [5.74, 6) is 1.83. The molecule has 0 radical (unpaired) electrons. The zero-order valence-corrected chi connectivity index (χ0v) is 25.6. The van der Waals surface area contributed by atoms with Crippen LogP contribution < -0.4 is 15.6 Å². The van der Waals surface area contributed by atoms with E-state index in [1.807, 2.05) is 25.4 Å². The molecule has 0 aliphatic heterocycles. The fourth-order valence-electron chi connectivity index (χ4n) is 4.64. The first-order valence-electron chi connectivity index (χ1n) is 13.6. The summed E-state index contributed by atoms with van der Waals surface area (Å²) in [5.41, 5.74) is 3.21. The van der Waals surface area contributed by atoms with Gasteiger partial charge in [-0.1, -0.05) is 31.2 Å². The third-order valence-corrected chi connectivity index (χ3v) is 9.26. The Hall–Kier alpha value is -3.74. The summed E-state index contributed by atoms with van der Waals surface area (Å²) in [7, 11) is 2.42. The fourth-order valence-corrected chi connectivity index (χ4v) is 5.70. The van der Waals surface area contributed by atoms with Crippen molar-refractivity contribution in [1.82, 2.24) is 33.9 Å². The van der Waals surface area contributed by atoms with Gasteiger partial charge in [0.15, 0.2) is 17.0 Å². The Morgan fingerprint density at radius 2 is 1.93 bits per heavy atom. The first kappa shape index (κ1) is 27.4. The number of nitrogens with one attached hydrogen (secondary N) is 1. The van der Waals surface area contributed by atoms with E-state index in [1.54, 1.807) is 33.3 Å². The van der Waals surface area contributed by atoms with Crippen LogP contribution in [0.1, 0.15) is 24.3 Å². The summed E-state index contributed by atoms with van der Waals surface area (Å²) in [4.78, 5) is 26.4. The van der Waals surface area contributed by atoms with E-state index >= 15 is 0 Å². The van der Waals surface area contributed by atoms with Crippen molar-refractivity contribution in [2.75, 3.05) is 11.9 Å². The molecule has 0 atom stereocenters. The minimum Gasteiger partial charge on any atom is -0.452 e. The van der Waals surface area contributed by atoms with Crippen LogP contribution in [0.15, 0.2) is 41.7 Å². The highest BCUT2D eigenvalue weighted by molar-refractivity contribution is 6.76. The molecule has 1 aliphatic carbocycles. The third kappa shape index (κ3) is 5.72. The topological polar surface area (TPSA) is 114 Å². The quantitative estimate of drug-likeness (QED) is 0.160. The Morgan fingerprint density at radius 1 is 1.12 bits per heavy atom. The normalized spacial score (nSPS) is 13.8. The fraction of sp³-hybridized carbons (Fsp3) is 0.393. The van der Waals surface area contributed by atoms with Crippen LogP contribution in [0.25, 0.3) is 22.2 Å². The predicted octanol–water partition coefficient (Wildman–Crippen LogP) is 5.79. The summed E-state index contributed by atoms with van der Waals surface area (Å²) in [6, 6.07) is 4.86. The van der Waals surface area contributed by atoms with Gasteiger partial charge < -0.3 is 23.9 Å². The third-order valence-electron chi connectivity index (χ3n) is 7.19. The Labute approximate surface area is 243 Å². The number of halogens is 1. The molecule has 5 aromatic heterocycles. The van der Waals surface area contributed by atoms with Crippen molar-refractivity contribution in [3.8, 4) is 11.5 Å². The van der Waals surface area contributed by atoms with Crippen LogP contribution in [0.3, 0.4) is 0 Å². The lowest BCUT2D eigenvalue weighted by Crippen LogP contribution is -2.22. The predicted molar refractivity (Wildman–Crippen MR) is 162 cm³/mol. The molecular weight excluding hydrogens is 560 g/mol. The second-order valence-corrected chi connectivity index (χ2v) is 17.8. The monoisotopic (exact) mass is 592 g/mol. The highest BCUT2D eigenvalue weighted by Crippen LogP contribution is 2.40. The standard InChI is InChI=1S/C28H33ClN8O3Si/c1-35-15-19(17-6-7-17)11-21(27(35)38)33-28-34-25-24(36(28)2)23(29)22(14-30-25)40-20-10-18-12-32-37(26(18)31-13-20)16-39-8-9-41(3,4)5/h10-15,17H,6-9,16H2,1-5H3,(H,30,33,34). The molecular formula is C28H33ClN8O3Si. The van der Waals surface area contributed by atoms with Crippen molar-refractivity contribution >= 4 is 53.5 Å². The molecule has 214 valence electrons. The molecule has 1 fully saturated rings. The zero-order valence-electron chi connectivity index (χ0n) is 23.8. The maximum Gasteiger partial charge on any atom is 0.274 e. The average molecular weight is 593 g/mol. The number of pyridine rings is 3. The number of hydrogen-bond donors (Lipinski definition) is 1. The van der Waals surface area contributed by atoms with Gasteiger partial charge in [-0.05, 0) is 42.5 Å². The first-order chi connectivity index (χ1) is 19.6. The number of hydrogen-bond acceptors (Lipinski definition) is 8. The highest BCUT2D eigenvalue weighted by Gasteiger charge is 2.25. The number of rotatable bonds is 10. The van der Waals surface area contributed by atoms with Gasteiger partial charge in [-0.3, -0.25) is 4.79 Å². The number of nitrogens with zero attached hydrogens (tertiary/aromatic N) is 7. The molecule has 11 nitrogen and oxygen atoms in total. The maximum absolute atomic E-state index is 12.8. The second kappa shape index (κ2) is 10.6. The summed E-state index contributed by atoms with van der Waals surface area (Å²) < 4.78 is 17.0. The van der Waals surface area contributed by atoms with E-state index in [0.717, 1.165) is 29.8 Å². The van der Waals surface area contributed by atoms with Gasteiger partial charge in [-0.2, -0.15) is 10.1 Å². The number of ether oxygens (including phenoxy) is 2. The lowest BCUT2D eigenvalue weighted by molar-refractivity contribution is 0.0813. The second-order valence-electron chi connectivity index (χ2n) is 11.8. The molecule has 0 aromatic carbocycles. The molecule has 0 amide bonds. The number of fused-ring (bicyclic) bond motifs is 2. The molecule has 1 N–H and O–H groups in total. The summed E-state index contributed by atoms with van der Waals surface area (Å²) in [6.07, 6.45) is 9.09. The Kier molecular flexibility index (Phi) is 7.08. The molecule has 0 saturated heterocycles. The van der Waals surface area contributed by atoms with Gasteiger partial charge in [0.1, 0.15) is 28.7 Å². The van der Waals surface area contributed by atoms with E-state index < -0.39 is 8.07 Å². The van der Waals surface area contributed by atoms with Crippen LogP contribution in [0.4, 0.5) is 11.6 Å². The Balaban J connectivity index is 1.22. The van der Waals surface area contributed by atoms with Gasteiger partial charge in [0.05, 0.1) is 18.6 Å². The van der Waals surface area contributed by atoms with Gasteiger partial charge in [-0.15, -0.1) is 0 Å². The SMILES string of the molecule is Cn1cc(C2CC2)cc(Nc2nc3ncc(Oc4cnc5c(cnn5COCC[Si](C)(C)C)c4)c(Cl)c3n2C)c1=O. The van der Waals surface area contributed by atoms with Gasteiger partial charge in [0.25, 0.3) is 5.56 Å². The van der Waals surface area contributed by atoms with E-state index in [-0.39, 0.29) is 5.56 Å². The number of aryl methyl sites for hydroxylation is 2. The lowest BCUT2D eigenvalue weighted by atomic mass is 10.2. The van der Waals surface area contributed by atoms with Crippen molar-refractivity contribution in [3.05, 3.63) is 57.9 Å². The molecule has 0 spiro atoms. The number of imidazole rings is 1. The molecule has 6 rings (SSSR count). The van der Waals surface area contributed by atoms with Crippen molar-refractivity contribution in [1.29, 1.82) is 0 Å². The smallest absolute Gasteiger partial charge is 0.274 e. The largest absolute Gasteiger partial charge is 0.452 e. The van der Waals surface area contributed by atoms with E-state index in [2.05, 4.69) is 45.0 Å². The molecule has 0 bridgehead atoms. The maximum atomic E-state index is 12.8. The first-order valence-corrected chi connectivity index (χ1v) is 17.7. The number of aromatic nitrogens is 7. The molecule has 13 heteroatoms. The minimum atomic E-state index is -1.15. The summed E-state index contributed by atoms with van der Waals surface area (Å²) in [5, 5.41) is 8.78. The lowest BCUT2D eigenvalue weighted by Gasteiger charge is -2.15. The van der Waals surface area contributed by atoms with Crippen molar-refractivity contribution in [3.63, 3.8) is 0 Å². The highest BCUT2D eigenvalue weighted by atomic mass is 35.5. The Bertz CT molecular complexity index is 1820. The van der Waals surface area contributed by atoms with Crippen LogP contribution >= 0.6 is 11.6 Å². The van der Waals surface area contributed by atoms with Crippen LogP contribution in [0, 0.1) is 0 Å². The van der Waals surface area contributed by atoms with Crippen molar-refractivity contribution < 1.29 is 9.47 Å². The van der Waals surface area contributed by atoms with Crippen LogP contribution in [0.2, 0.25) is 30.7 Å². The molecule has 1 saturated carbocycles. The molecule has 5 aromatic rings. The van der Waals surface area contributed by atoms with E-state index in [9.17, 15) is 4.79 Å². The minimum absolute atomic E-state index is 0.131. The molecule has 0 unspecified atom stereocenters. The van der Waals surface area contributed by atoms with Gasteiger partial charge >= 0.3 is 0 Å². The van der Waals surface area contributed by atoms with Crippen molar-refractivity contribution in [2.24, 2.45) is 14.1 Å². The zero-order chi connectivity index (χ0) is 28.9. The van der Waals surface area contributed by atoms with Gasteiger partial charge in [-0.25, -0.2) is 14.6 Å². The van der Waals surface area contributed by atoms with E-state index in [0.29, 0.717) is 64.2 Å². The molecule has 5 heterocycles. The van der Waals surface area contributed by atoms with Gasteiger partial charge in [0.2, 0.25) is 5.95 Å². The van der Waals surface area contributed by atoms with Crippen molar-refractivity contribution in [2.45, 2.75) is 51.2 Å². The number of anilines is 2.